The zero-order chi connectivity index (χ0) is 21.6. The van der Waals surface area contributed by atoms with Crippen molar-refractivity contribution in [3.8, 4) is 5.75 Å². The minimum atomic E-state index is -0.0418. The van der Waals surface area contributed by atoms with Crippen molar-refractivity contribution in [2.45, 2.75) is 39.2 Å². The van der Waals surface area contributed by atoms with Gasteiger partial charge in [0.1, 0.15) is 5.75 Å². The predicted molar refractivity (Wildman–Crippen MR) is 124 cm³/mol. The molecule has 2 N–H and O–H groups in total. The number of anilines is 2. The van der Waals surface area contributed by atoms with Crippen LogP contribution < -0.4 is 15.4 Å². The van der Waals surface area contributed by atoms with E-state index in [1.54, 1.807) is 7.11 Å². The van der Waals surface area contributed by atoms with Crippen LogP contribution in [-0.4, -0.2) is 13.0 Å². The van der Waals surface area contributed by atoms with Gasteiger partial charge in [-0.15, -0.1) is 0 Å². The van der Waals surface area contributed by atoms with Gasteiger partial charge in [0.05, 0.1) is 13.5 Å². The van der Waals surface area contributed by atoms with Crippen LogP contribution in [0.3, 0.4) is 0 Å². The van der Waals surface area contributed by atoms with Crippen molar-refractivity contribution < 1.29 is 9.53 Å². The van der Waals surface area contributed by atoms with Crippen LogP contribution in [0.4, 0.5) is 11.4 Å². The van der Waals surface area contributed by atoms with Crippen LogP contribution in [0.2, 0.25) is 0 Å². The number of ether oxygens (including phenoxy) is 1. The third-order valence-corrected chi connectivity index (χ3v) is 5.01. The Morgan fingerprint density at radius 1 is 0.800 bits per heavy atom. The summed E-state index contributed by atoms with van der Waals surface area (Å²) in [6, 6.07) is 24.0. The third kappa shape index (κ3) is 6.11. The molecular formula is C26H30N2O2. The van der Waals surface area contributed by atoms with Gasteiger partial charge in [-0.3, -0.25) is 4.79 Å². The highest BCUT2D eigenvalue weighted by atomic mass is 16.5. The van der Waals surface area contributed by atoms with Crippen LogP contribution in [0, 0.1) is 0 Å². The average Bonchev–Trinajstić information content (AvgIpc) is 2.73. The Morgan fingerprint density at radius 2 is 1.37 bits per heavy atom. The molecule has 0 spiro atoms. The number of amides is 1. The van der Waals surface area contributed by atoms with E-state index in [9.17, 15) is 4.79 Å². The van der Waals surface area contributed by atoms with Crippen molar-refractivity contribution in [1.29, 1.82) is 0 Å². The minimum Gasteiger partial charge on any atom is -0.497 e. The van der Waals surface area contributed by atoms with Gasteiger partial charge in [-0.25, -0.2) is 0 Å². The Hall–Kier alpha value is -3.27. The summed E-state index contributed by atoms with van der Waals surface area (Å²) in [5.41, 5.74) is 5.52. The number of carbonyl (C=O) groups excluding carboxylic acids is 1. The van der Waals surface area contributed by atoms with E-state index in [2.05, 4.69) is 55.7 Å². The smallest absolute Gasteiger partial charge is 0.228 e. The highest BCUT2D eigenvalue weighted by molar-refractivity contribution is 5.92. The second kappa shape index (κ2) is 9.49. The maximum absolute atomic E-state index is 12.3. The fraction of sp³-hybridized carbons (Fsp3) is 0.269. The number of methoxy groups -OCH3 is 1. The molecule has 156 valence electrons. The normalized spacial score (nSPS) is 11.1. The first-order valence-corrected chi connectivity index (χ1v) is 10.2. The Labute approximate surface area is 179 Å². The summed E-state index contributed by atoms with van der Waals surface area (Å²) in [5, 5.41) is 6.35. The molecule has 0 radical (unpaired) electrons. The zero-order valence-corrected chi connectivity index (χ0v) is 18.2. The summed E-state index contributed by atoms with van der Waals surface area (Å²) in [5.74, 6) is 0.723. The lowest BCUT2D eigenvalue weighted by Crippen LogP contribution is -2.14. The van der Waals surface area contributed by atoms with Gasteiger partial charge in [0.15, 0.2) is 0 Å². The van der Waals surface area contributed by atoms with Crippen LogP contribution in [0.5, 0.6) is 5.75 Å². The second-order valence-corrected chi connectivity index (χ2v) is 8.45. The van der Waals surface area contributed by atoms with Gasteiger partial charge in [0, 0.05) is 17.9 Å². The first kappa shape index (κ1) is 21.4. The van der Waals surface area contributed by atoms with Crippen molar-refractivity contribution in [1.82, 2.24) is 0 Å². The molecule has 4 nitrogen and oxygen atoms in total. The van der Waals surface area contributed by atoms with E-state index in [4.69, 9.17) is 4.74 Å². The monoisotopic (exact) mass is 402 g/mol. The molecule has 4 heteroatoms. The molecule has 0 bridgehead atoms. The average molecular weight is 403 g/mol. The van der Waals surface area contributed by atoms with Crippen molar-refractivity contribution >= 4 is 17.3 Å². The van der Waals surface area contributed by atoms with E-state index in [1.165, 1.54) is 11.1 Å². The number of hydrogen-bond acceptors (Lipinski definition) is 3. The lowest BCUT2D eigenvalue weighted by Gasteiger charge is -2.19. The molecule has 0 unspecified atom stereocenters. The Morgan fingerprint density at radius 3 is 1.93 bits per heavy atom. The Kier molecular flexibility index (Phi) is 6.78. The molecule has 30 heavy (non-hydrogen) atoms. The molecule has 1 amide bonds. The lowest BCUT2D eigenvalue weighted by molar-refractivity contribution is -0.115. The molecule has 3 aromatic rings. The first-order chi connectivity index (χ1) is 14.3. The fourth-order valence-electron chi connectivity index (χ4n) is 3.13. The van der Waals surface area contributed by atoms with Gasteiger partial charge in [0.25, 0.3) is 0 Å². The van der Waals surface area contributed by atoms with E-state index < -0.39 is 0 Å². The molecule has 0 atom stereocenters. The van der Waals surface area contributed by atoms with Crippen LogP contribution >= 0.6 is 0 Å². The molecule has 0 aliphatic rings. The van der Waals surface area contributed by atoms with E-state index >= 15 is 0 Å². The van der Waals surface area contributed by atoms with Crippen LogP contribution in [0.15, 0.2) is 72.8 Å². The van der Waals surface area contributed by atoms with Gasteiger partial charge >= 0.3 is 0 Å². The number of hydrogen-bond donors (Lipinski definition) is 2. The van der Waals surface area contributed by atoms with Gasteiger partial charge in [-0.1, -0.05) is 57.2 Å². The van der Waals surface area contributed by atoms with E-state index in [0.717, 1.165) is 29.2 Å². The van der Waals surface area contributed by atoms with Crippen molar-refractivity contribution in [3.63, 3.8) is 0 Å². The fourth-order valence-corrected chi connectivity index (χ4v) is 3.13. The molecule has 0 aromatic heterocycles. The van der Waals surface area contributed by atoms with Gasteiger partial charge in [0.2, 0.25) is 5.91 Å². The number of nitrogens with one attached hydrogen (secondary N) is 2. The second-order valence-electron chi connectivity index (χ2n) is 8.45. The molecule has 0 saturated carbocycles. The highest BCUT2D eigenvalue weighted by Crippen LogP contribution is 2.22. The topological polar surface area (TPSA) is 50.4 Å². The molecule has 3 rings (SSSR count). The molecule has 3 aromatic carbocycles. The molecule has 0 fully saturated rings. The lowest BCUT2D eigenvalue weighted by atomic mass is 9.87. The van der Waals surface area contributed by atoms with Crippen LogP contribution in [0.25, 0.3) is 0 Å². The van der Waals surface area contributed by atoms with E-state index in [-0.39, 0.29) is 11.3 Å². The third-order valence-electron chi connectivity index (χ3n) is 5.01. The maximum Gasteiger partial charge on any atom is 0.228 e. The number of rotatable bonds is 7. The van der Waals surface area contributed by atoms with Crippen molar-refractivity contribution in [2.24, 2.45) is 0 Å². The van der Waals surface area contributed by atoms with E-state index in [0.29, 0.717) is 6.42 Å². The predicted octanol–water partition coefficient (Wildman–Crippen LogP) is 5.79. The van der Waals surface area contributed by atoms with E-state index in [1.807, 2.05) is 48.5 Å². The van der Waals surface area contributed by atoms with Gasteiger partial charge in [-0.2, -0.15) is 0 Å². The summed E-state index contributed by atoms with van der Waals surface area (Å²) >= 11 is 0. The minimum absolute atomic E-state index is 0.0418. The molecule has 0 saturated heterocycles. The van der Waals surface area contributed by atoms with Gasteiger partial charge < -0.3 is 15.4 Å². The summed E-state index contributed by atoms with van der Waals surface area (Å²) < 4.78 is 5.13. The molecule has 0 heterocycles. The summed E-state index contributed by atoms with van der Waals surface area (Å²) in [4.78, 5) is 12.3. The summed E-state index contributed by atoms with van der Waals surface area (Å²) in [7, 11) is 1.62. The first-order valence-electron chi connectivity index (χ1n) is 10.2. The Balaban J connectivity index is 1.50. The number of benzene rings is 3. The number of carbonyl (C=O) groups is 1. The van der Waals surface area contributed by atoms with Crippen molar-refractivity contribution in [3.05, 3.63) is 89.5 Å². The zero-order valence-electron chi connectivity index (χ0n) is 18.2. The quantitative estimate of drug-likeness (QED) is 0.526. The van der Waals surface area contributed by atoms with Gasteiger partial charge in [-0.05, 0) is 58.5 Å². The highest BCUT2D eigenvalue weighted by Gasteiger charge is 2.12. The largest absolute Gasteiger partial charge is 0.497 e. The maximum atomic E-state index is 12.3. The standard InChI is InChI=1S/C26H30N2O2/c1-26(2,3)21-9-5-20(6-10-21)18-27-22-11-7-19(8-12-22)17-25(29)28-23-13-15-24(30-4)16-14-23/h5-16,27H,17-18H2,1-4H3,(H,28,29). The SMILES string of the molecule is COc1ccc(NC(=O)Cc2ccc(NCc3ccc(C(C)(C)C)cc3)cc2)cc1. The van der Waals surface area contributed by atoms with Crippen molar-refractivity contribution in [2.75, 3.05) is 17.7 Å². The van der Waals surface area contributed by atoms with Crippen LogP contribution in [-0.2, 0) is 23.2 Å². The summed E-state index contributed by atoms with van der Waals surface area (Å²) in [6.07, 6.45) is 0.334. The Bertz CT molecular complexity index is 954. The molecular weight excluding hydrogens is 372 g/mol. The molecule has 0 aliphatic heterocycles. The summed E-state index contributed by atoms with van der Waals surface area (Å²) in [6.45, 7) is 7.43. The van der Waals surface area contributed by atoms with Crippen LogP contribution in [0.1, 0.15) is 37.5 Å². The molecule has 0 aliphatic carbocycles.